The summed E-state index contributed by atoms with van der Waals surface area (Å²) < 4.78 is 25.0. The molecule has 0 fully saturated rings. The first kappa shape index (κ1) is 22.5. The summed E-state index contributed by atoms with van der Waals surface area (Å²) in [5.41, 5.74) is 0. The summed E-state index contributed by atoms with van der Waals surface area (Å²) in [7, 11) is -3.25. The van der Waals surface area contributed by atoms with Gasteiger partial charge in [-0.05, 0) is 0 Å². The molecule has 1 radical (unpaired) electrons. The third kappa shape index (κ3) is 329. The second-order valence-electron chi connectivity index (χ2n) is 0.224. The van der Waals surface area contributed by atoms with Crippen molar-refractivity contribution < 1.29 is 65.7 Å². The minimum atomic E-state index is -1.08. The first-order valence-electron chi connectivity index (χ1n) is 1.10. The maximum absolute atomic E-state index is 8.35. The molecule has 0 amide bonds. The van der Waals surface area contributed by atoms with Crippen LogP contribution in [-0.2, 0) is 13.7 Å². The zero-order valence-electron chi connectivity index (χ0n) is 4.08. The van der Waals surface area contributed by atoms with Crippen LogP contribution in [0, 0.1) is 37.3 Å². The van der Waals surface area contributed by atoms with Gasteiger partial charge in [0, 0.05) is 0 Å². The molecule has 0 aliphatic carbocycles. The summed E-state index contributed by atoms with van der Waals surface area (Å²) in [5, 5.41) is 0. The molecule has 0 aliphatic rings. The molecule has 0 rings (SSSR count). The summed E-state index contributed by atoms with van der Waals surface area (Å²) in [6.45, 7) is 0. The standard InChI is InChI=1S/Er.3HO2P/c;3*1-3-2/h;3*(H,1,2)/q+3;;;/p-3. The molecule has 0 saturated heterocycles. The van der Waals surface area contributed by atoms with E-state index in [1.165, 1.54) is 0 Å². The molecule has 63 valence electrons. The molecule has 0 saturated carbocycles. The van der Waals surface area contributed by atoms with E-state index in [1.807, 2.05) is 0 Å². The van der Waals surface area contributed by atoms with Crippen LogP contribution in [0.25, 0.3) is 0 Å². The van der Waals surface area contributed by atoms with Gasteiger partial charge >= 0.3 is 37.3 Å². The Bertz CT molecular complexity index is 49.7. The van der Waals surface area contributed by atoms with E-state index in [2.05, 4.69) is 0 Å². The van der Waals surface area contributed by atoms with Gasteiger partial charge in [-0.3, -0.25) is 13.7 Å². The third-order valence-corrected chi connectivity index (χ3v) is 0. The van der Waals surface area contributed by atoms with Crippen LogP contribution in [0.15, 0.2) is 0 Å². The molecule has 0 aromatic rings. The average Bonchev–Trinajstić information content (AvgIpc) is 1.70. The van der Waals surface area contributed by atoms with E-state index in [4.69, 9.17) is 28.4 Å². The maximum Gasteiger partial charge on any atom is 3.00 e. The number of hydrogen-bond acceptors (Lipinski definition) is 6. The van der Waals surface area contributed by atoms with Gasteiger partial charge in [0.15, 0.2) is 0 Å². The van der Waals surface area contributed by atoms with Crippen molar-refractivity contribution >= 4 is 26.1 Å². The molecular weight excluding hydrogens is 356 g/mol. The van der Waals surface area contributed by atoms with E-state index in [1.54, 1.807) is 0 Å². The Morgan fingerprint density at radius 1 is 0.700 bits per heavy atom. The van der Waals surface area contributed by atoms with Gasteiger partial charge in [-0.25, -0.2) is 0 Å². The Kier molecular flexibility index (Phi) is 106. The van der Waals surface area contributed by atoms with Crippen LogP contribution in [0.2, 0.25) is 0 Å². The van der Waals surface area contributed by atoms with Crippen molar-refractivity contribution in [2.45, 2.75) is 0 Å². The topological polar surface area (TPSA) is 120 Å². The first-order chi connectivity index (χ1) is 4.24. The SMILES string of the molecule is O=P[O-].O=P[O-].O=P[O-].[Er+3]. The predicted molar refractivity (Wildman–Crippen MR) is 22.8 cm³/mol. The molecule has 0 N–H and O–H groups in total. The second kappa shape index (κ2) is 47.3. The molecule has 10 heteroatoms. The van der Waals surface area contributed by atoms with E-state index in [9.17, 15) is 0 Å². The van der Waals surface area contributed by atoms with Gasteiger partial charge in [-0.1, -0.05) is 0 Å². The molecule has 10 heavy (non-hydrogen) atoms. The molecule has 0 aliphatic heterocycles. The molecule has 0 aromatic carbocycles. The molecule has 0 atom stereocenters. The largest absolute Gasteiger partial charge is 3.00 e. The predicted octanol–water partition coefficient (Wildman–Crippen LogP) is -1.34. The molecule has 0 unspecified atom stereocenters. The van der Waals surface area contributed by atoms with Crippen LogP contribution in [0.5, 0.6) is 0 Å². The summed E-state index contributed by atoms with van der Waals surface area (Å²) >= 11 is 0. The van der Waals surface area contributed by atoms with Gasteiger partial charge in [0.05, 0.1) is 26.1 Å². The van der Waals surface area contributed by atoms with Crippen molar-refractivity contribution in [2.75, 3.05) is 0 Å². The fourth-order valence-electron chi connectivity index (χ4n) is 0. The zero-order chi connectivity index (χ0) is 8.12. The van der Waals surface area contributed by atoms with Crippen LogP contribution >= 0.6 is 26.1 Å². The maximum atomic E-state index is 8.35. The number of rotatable bonds is 0. The van der Waals surface area contributed by atoms with E-state index in [-0.39, 0.29) is 37.3 Å². The molecule has 0 spiro atoms. The summed E-state index contributed by atoms with van der Waals surface area (Å²) in [6.07, 6.45) is 0. The molecule has 0 bridgehead atoms. The van der Waals surface area contributed by atoms with Gasteiger partial charge < -0.3 is 14.7 Å². The molecule has 0 aromatic heterocycles. The van der Waals surface area contributed by atoms with Crippen LogP contribution < -0.4 is 14.7 Å². The van der Waals surface area contributed by atoms with Crippen molar-refractivity contribution in [1.29, 1.82) is 0 Å². The van der Waals surface area contributed by atoms with Gasteiger partial charge in [0.1, 0.15) is 0 Å². The quantitative estimate of drug-likeness (QED) is 0.496. The average molecular weight is 356 g/mol. The first-order valence-corrected chi connectivity index (χ1v) is 3.29. The van der Waals surface area contributed by atoms with E-state index < -0.39 is 26.1 Å². The summed E-state index contributed by atoms with van der Waals surface area (Å²) in [5.74, 6) is 0. The Labute approximate surface area is 91.1 Å². The number of hydrogen-bond donors (Lipinski definition) is 0. The Balaban J connectivity index is -0.0000000257. The van der Waals surface area contributed by atoms with E-state index >= 15 is 0 Å². The fraction of sp³-hybridized carbons (Fsp3) is 0. The van der Waals surface area contributed by atoms with Crippen LogP contribution in [-0.4, -0.2) is 0 Å². The molecule has 0 heterocycles. The monoisotopic (exact) mass is 355 g/mol. The Morgan fingerprint density at radius 3 is 0.700 bits per heavy atom. The van der Waals surface area contributed by atoms with Crippen LogP contribution in [0.4, 0.5) is 0 Å². The van der Waals surface area contributed by atoms with Crippen molar-refractivity contribution in [3.05, 3.63) is 0 Å². The van der Waals surface area contributed by atoms with Gasteiger partial charge in [0.25, 0.3) is 0 Å². The van der Waals surface area contributed by atoms with Gasteiger partial charge in [-0.15, -0.1) is 0 Å². The van der Waals surface area contributed by atoms with Crippen molar-refractivity contribution in [1.82, 2.24) is 0 Å². The van der Waals surface area contributed by atoms with Gasteiger partial charge in [0.2, 0.25) is 0 Å². The van der Waals surface area contributed by atoms with Crippen molar-refractivity contribution in [2.24, 2.45) is 0 Å². The molecular formula is ErO6P3. The smallest absolute Gasteiger partial charge is 0.772 e. The fourth-order valence-corrected chi connectivity index (χ4v) is 0. The zero-order valence-corrected chi connectivity index (χ0v) is 8.62. The van der Waals surface area contributed by atoms with Crippen LogP contribution in [0.3, 0.4) is 0 Å². The normalized spacial score (nSPS) is 6.30. The summed E-state index contributed by atoms with van der Waals surface area (Å²) in [6, 6.07) is 0. The van der Waals surface area contributed by atoms with Crippen molar-refractivity contribution in [3.63, 3.8) is 0 Å². The minimum Gasteiger partial charge on any atom is -0.772 e. The summed E-state index contributed by atoms with van der Waals surface area (Å²) in [4.78, 5) is 25.0. The minimum absolute atomic E-state index is 0. The van der Waals surface area contributed by atoms with Gasteiger partial charge in [-0.2, -0.15) is 0 Å². The van der Waals surface area contributed by atoms with Crippen LogP contribution in [0.1, 0.15) is 0 Å². The Hall–Kier alpha value is 1.43. The second-order valence-corrected chi connectivity index (χ2v) is 0.671. The molecule has 6 nitrogen and oxygen atoms in total. The Morgan fingerprint density at radius 2 is 0.700 bits per heavy atom. The third-order valence-electron chi connectivity index (χ3n) is 0. The van der Waals surface area contributed by atoms with E-state index in [0.717, 1.165) is 0 Å². The van der Waals surface area contributed by atoms with E-state index in [0.29, 0.717) is 0 Å². The van der Waals surface area contributed by atoms with Crippen molar-refractivity contribution in [3.8, 4) is 0 Å².